The fourth-order valence-corrected chi connectivity index (χ4v) is 3.97. The van der Waals surface area contributed by atoms with Crippen molar-refractivity contribution in [2.24, 2.45) is 0 Å². The van der Waals surface area contributed by atoms with Gasteiger partial charge in [-0.05, 0) is 69.2 Å². The van der Waals surface area contributed by atoms with Crippen molar-refractivity contribution in [3.63, 3.8) is 0 Å². The highest BCUT2D eigenvalue weighted by Gasteiger charge is 2.27. The monoisotopic (exact) mass is 416 g/mol. The number of aryl methyl sites for hydroxylation is 1. The molecule has 1 saturated heterocycles. The SMILES string of the molecule is COc1cc(CCC(=O)N(Cc2ccco2)C2CCN(C)CC2)cc(OC)c1OC. The van der Waals surface area contributed by atoms with Gasteiger partial charge in [-0.2, -0.15) is 0 Å². The van der Waals surface area contributed by atoms with Crippen LogP contribution in [0.1, 0.15) is 30.6 Å². The molecule has 0 atom stereocenters. The Kier molecular flexibility index (Phi) is 7.63. The molecule has 30 heavy (non-hydrogen) atoms. The van der Waals surface area contributed by atoms with E-state index in [0.717, 1.165) is 37.3 Å². The molecule has 2 aromatic rings. The third-order valence-corrected chi connectivity index (χ3v) is 5.71. The van der Waals surface area contributed by atoms with Crippen LogP contribution in [0.3, 0.4) is 0 Å². The van der Waals surface area contributed by atoms with Gasteiger partial charge >= 0.3 is 0 Å². The molecule has 1 aromatic carbocycles. The zero-order valence-corrected chi connectivity index (χ0v) is 18.3. The summed E-state index contributed by atoms with van der Waals surface area (Å²) in [6.07, 6.45) is 4.62. The second-order valence-electron chi connectivity index (χ2n) is 7.67. The van der Waals surface area contributed by atoms with Crippen LogP contribution in [-0.4, -0.2) is 63.2 Å². The van der Waals surface area contributed by atoms with Crippen molar-refractivity contribution < 1.29 is 23.4 Å². The number of piperidine rings is 1. The van der Waals surface area contributed by atoms with Crippen LogP contribution < -0.4 is 14.2 Å². The van der Waals surface area contributed by atoms with Gasteiger partial charge in [-0.3, -0.25) is 4.79 Å². The summed E-state index contributed by atoms with van der Waals surface area (Å²) in [6, 6.07) is 7.83. The molecule has 7 nitrogen and oxygen atoms in total. The number of methoxy groups -OCH3 is 3. The normalized spacial score (nSPS) is 15.1. The number of carbonyl (C=O) groups is 1. The minimum atomic E-state index is 0.134. The lowest BCUT2D eigenvalue weighted by atomic mass is 10.0. The van der Waals surface area contributed by atoms with Gasteiger partial charge in [-0.1, -0.05) is 0 Å². The zero-order valence-electron chi connectivity index (χ0n) is 18.3. The number of likely N-dealkylation sites (tertiary alicyclic amines) is 1. The maximum Gasteiger partial charge on any atom is 0.223 e. The van der Waals surface area contributed by atoms with E-state index in [1.54, 1.807) is 27.6 Å². The summed E-state index contributed by atoms with van der Waals surface area (Å²) >= 11 is 0. The Morgan fingerprint density at radius 2 is 1.80 bits per heavy atom. The van der Waals surface area contributed by atoms with Gasteiger partial charge in [0.25, 0.3) is 0 Å². The lowest BCUT2D eigenvalue weighted by Gasteiger charge is -2.37. The molecule has 0 bridgehead atoms. The van der Waals surface area contributed by atoms with Crippen molar-refractivity contribution in [2.75, 3.05) is 41.5 Å². The minimum Gasteiger partial charge on any atom is -0.493 e. The molecular weight excluding hydrogens is 384 g/mol. The van der Waals surface area contributed by atoms with Crippen molar-refractivity contribution in [3.8, 4) is 17.2 Å². The Morgan fingerprint density at radius 3 is 2.33 bits per heavy atom. The number of benzene rings is 1. The molecule has 1 aromatic heterocycles. The van der Waals surface area contributed by atoms with Crippen LogP contribution in [-0.2, 0) is 17.8 Å². The van der Waals surface area contributed by atoms with Gasteiger partial charge in [-0.15, -0.1) is 0 Å². The highest BCUT2D eigenvalue weighted by molar-refractivity contribution is 5.77. The Bertz CT molecular complexity index is 788. The average Bonchev–Trinajstić information content (AvgIpc) is 3.29. The van der Waals surface area contributed by atoms with Crippen LogP contribution in [0.4, 0.5) is 0 Å². The molecule has 0 saturated carbocycles. The first-order valence-electron chi connectivity index (χ1n) is 10.3. The van der Waals surface area contributed by atoms with E-state index in [0.29, 0.717) is 36.6 Å². The van der Waals surface area contributed by atoms with Crippen LogP contribution in [0.2, 0.25) is 0 Å². The van der Waals surface area contributed by atoms with E-state index in [1.807, 2.05) is 29.2 Å². The summed E-state index contributed by atoms with van der Waals surface area (Å²) in [5.74, 6) is 2.70. The first kappa shape index (κ1) is 22.0. The average molecular weight is 417 g/mol. The van der Waals surface area contributed by atoms with E-state index >= 15 is 0 Å². The number of furan rings is 1. The van der Waals surface area contributed by atoms with E-state index in [1.165, 1.54) is 0 Å². The molecular formula is C23H32N2O5. The lowest BCUT2D eigenvalue weighted by molar-refractivity contribution is -0.135. The molecule has 2 heterocycles. The van der Waals surface area contributed by atoms with E-state index in [2.05, 4.69) is 11.9 Å². The molecule has 164 valence electrons. The highest BCUT2D eigenvalue weighted by Crippen LogP contribution is 2.38. The summed E-state index contributed by atoms with van der Waals surface area (Å²) in [7, 11) is 6.89. The molecule has 0 N–H and O–H groups in total. The number of rotatable bonds is 9. The summed E-state index contributed by atoms with van der Waals surface area (Å²) in [5.41, 5.74) is 0.971. The first-order valence-corrected chi connectivity index (χ1v) is 10.3. The number of ether oxygens (including phenoxy) is 3. The van der Waals surface area contributed by atoms with Gasteiger partial charge in [-0.25, -0.2) is 0 Å². The topological polar surface area (TPSA) is 64.4 Å². The van der Waals surface area contributed by atoms with Crippen molar-refractivity contribution in [2.45, 2.75) is 38.3 Å². The maximum absolute atomic E-state index is 13.2. The Labute approximate surface area is 178 Å². The highest BCUT2D eigenvalue weighted by atomic mass is 16.5. The van der Waals surface area contributed by atoms with Crippen molar-refractivity contribution in [1.29, 1.82) is 0 Å². The smallest absolute Gasteiger partial charge is 0.223 e. The fraction of sp³-hybridized carbons (Fsp3) is 0.522. The van der Waals surface area contributed by atoms with Gasteiger partial charge in [0, 0.05) is 12.5 Å². The van der Waals surface area contributed by atoms with Gasteiger partial charge < -0.3 is 28.4 Å². The second-order valence-corrected chi connectivity index (χ2v) is 7.67. The second kappa shape index (κ2) is 10.4. The van der Waals surface area contributed by atoms with Crippen molar-refractivity contribution >= 4 is 5.91 Å². The molecule has 1 aliphatic rings. The van der Waals surface area contributed by atoms with E-state index in [9.17, 15) is 4.79 Å². The van der Waals surface area contributed by atoms with Crippen molar-refractivity contribution in [3.05, 3.63) is 41.9 Å². The summed E-state index contributed by atoms with van der Waals surface area (Å²) in [4.78, 5) is 17.5. The van der Waals surface area contributed by atoms with E-state index < -0.39 is 0 Å². The molecule has 0 unspecified atom stereocenters. The fourth-order valence-electron chi connectivity index (χ4n) is 3.97. The lowest BCUT2D eigenvalue weighted by Crippen LogP contribution is -2.46. The summed E-state index contributed by atoms with van der Waals surface area (Å²) in [5, 5.41) is 0. The maximum atomic E-state index is 13.2. The third kappa shape index (κ3) is 5.27. The molecule has 1 amide bonds. The van der Waals surface area contributed by atoms with Gasteiger partial charge in [0.05, 0.1) is 34.1 Å². The van der Waals surface area contributed by atoms with E-state index in [-0.39, 0.29) is 11.9 Å². The molecule has 0 spiro atoms. The van der Waals surface area contributed by atoms with Gasteiger partial charge in [0.1, 0.15) is 5.76 Å². The quantitative estimate of drug-likeness (QED) is 0.625. The number of nitrogens with zero attached hydrogens (tertiary/aromatic N) is 2. The molecule has 0 aliphatic carbocycles. The Hall–Kier alpha value is -2.67. The minimum absolute atomic E-state index is 0.134. The van der Waals surface area contributed by atoms with Gasteiger partial charge in [0.15, 0.2) is 11.5 Å². The Balaban J connectivity index is 1.72. The number of carbonyl (C=O) groups excluding carboxylic acids is 1. The molecule has 0 radical (unpaired) electrons. The molecule has 3 rings (SSSR count). The van der Waals surface area contributed by atoms with Crippen LogP contribution in [0.5, 0.6) is 17.2 Å². The van der Waals surface area contributed by atoms with Crippen molar-refractivity contribution in [1.82, 2.24) is 9.80 Å². The predicted octanol–water partition coefficient (Wildman–Crippen LogP) is 3.36. The molecule has 1 aliphatic heterocycles. The number of amides is 1. The van der Waals surface area contributed by atoms with Crippen LogP contribution in [0.15, 0.2) is 34.9 Å². The van der Waals surface area contributed by atoms with E-state index in [4.69, 9.17) is 18.6 Å². The molecule has 1 fully saturated rings. The standard InChI is InChI=1S/C23H32N2O5/c1-24-11-9-18(10-12-24)25(16-19-6-5-13-30-19)22(26)8-7-17-14-20(27-2)23(29-4)21(15-17)28-3/h5-6,13-15,18H,7-12,16H2,1-4H3. The predicted molar refractivity (Wildman–Crippen MR) is 114 cm³/mol. The van der Waals surface area contributed by atoms with Crippen LogP contribution >= 0.6 is 0 Å². The Morgan fingerprint density at radius 1 is 1.13 bits per heavy atom. The largest absolute Gasteiger partial charge is 0.493 e. The summed E-state index contributed by atoms with van der Waals surface area (Å²) < 4.78 is 21.8. The number of hydrogen-bond donors (Lipinski definition) is 0. The first-order chi connectivity index (χ1) is 14.5. The van der Waals surface area contributed by atoms with Crippen LogP contribution in [0.25, 0.3) is 0 Å². The number of hydrogen-bond acceptors (Lipinski definition) is 6. The van der Waals surface area contributed by atoms with Crippen LogP contribution in [0, 0.1) is 0 Å². The molecule has 7 heteroatoms. The third-order valence-electron chi connectivity index (χ3n) is 5.71. The summed E-state index contributed by atoms with van der Waals surface area (Å²) in [6.45, 7) is 2.51. The van der Waals surface area contributed by atoms with Gasteiger partial charge in [0.2, 0.25) is 11.7 Å². The zero-order chi connectivity index (χ0) is 21.5.